The molecule has 0 amide bonds. The van der Waals surface area contributed by atoms with E-state index in [0.29, 0.717) is 12.6 Å². The second kappa shape index (κ2) is 9.91. The first kappa shape index (κ1) is 21.5. The summed E-state index contributed by atoms with van der Waals surface area (Å²) in [5.74, 6) is 3.59. The molecule has 1 aliphatic rings. The fraction of sp³-hybridized carbons (Fsp3) is 0.526. The fourth-order valence-corrected chi connectivity index (χ4v) is 3.14. The van der Waals surface area contributed by atoms with Crippen molar-refractivity contribution in [3.63, 3.8) is 0 Å². The summed E-state index contributed by atoms with van der Waals surface area (Å²) in [6, 6.07) is 8.39. The maximum Gasteiger partial charge on any atom is 0.191 e. The predicted octanol–water partition coefficient (Wildman–Crippen LogP) is 2.46. The standard InChI is InChI=1S/C19H28N6O.HI/c1-13-6-5-7-17(10-13)26-14(2)11-21-19(20-4)23-16-8-9-18-22-15(3)24-25(18)12-16;/h5-7,10,14,16H,8-9,11-12H2,1-4H3,(H2,20,21,23);1H. The first-order chi connectivity index (χ1) is 12.5. The van der Waals surface area contributed by atoms with Crippen molar-refractivity contribution in [1.82, 2.24) is 25.4 Å². The molecular formula is C19H29IN6O. The van der Waals surface area contributed by atoms with Crippen LogP contribution in [0.1, 0.15) is 30.6 Å². The van der Waals surface area contributed by atoms with Crippen molar-refractivity contribution in [2.24, 2.45) is 4.99 Å². The molecule has 0 fully saturated rings. The second-order valence-corrected chi connectivity index (χ2v) is 6.84. The molecule has 8 heteroatoms. The third kappa shape index (κ3) is 6.08. The molecule has 0 spiro atoms. The Morgan fingerprint density at radius 3 is 2.96 bits per heavy atom. The van der Waals surface area contributed by atoms with E-state index in [0.717, 1.165) is 42.7 Å². The van der Waals surface area contributed by atoms with Crippen LogP contribution in [0.2, 0.25) is 0 Å². The Balaban J connectivity index is 0.00000261. The van der Waals surface area contributed by atoms with E-state index in [-0.39, 0.29) is 30.1 Å². The molecule has 2 heterocycles. The molecule has 0 aliphatic carbocycles. The quantitative estimate of drug-likeness (QED) is 0.388. The van der Waals surface area contributed by atoms with Crippen molar-refractivity contribution in [2.75, 3.05) is 13.6 Å². The SMILES string of the molecule is CN=C(NCC(C)Oc1cccc(C)c1)NC1CCc2nc(C)nn2C1.I. The highest BCUT2D eigenvalue weighted by Crippen LogP contribution is 2.14. The third-order valence-corrected chi connectivity index (χ3v) is 4.41. The molecule has 3 rings (SSSR count). The number of aliphatic imine (C=N–C) groups is 1. The normalized spacial score (nSPS) is 17.5. The highest BCUT2D eigenvalue weighted by molar-refractivity contribution is 14.0. The molecule has 27 heavy (non-hydrogen) atoms. The van der Waals surface area contributed by atoms with Gasteiger partial charge in [0.1, 0.15) is 23.5 Å². The molecular weight excluding hydrogens is 455 g/mol. The van der Waals surface area contributed by atoms with Gasteiger partial charge in [-0.2, -0.15) is 5.10 Å². The maximum atomic E-state index is 5.96. The Morgan fingerprint density at radius 1 is 1.41 bits per heavy atom. The molecule has 148 valence electrons. The molecule has 0 saturated carbocycles. The average molecular weight is 484 g/mol. The van der Waals surface area contributed by atoms with Gasteiger partial charge in [0.25, 0.3) is 0 Å². The Kier molecular flexibility index (Phi) is 7.88. The van der Waals surface area contributed by atoms with Crippen LogP contribution in [0.5, 0.6) is 5.75 Å². The Hall–Kier alpha value is -1.84. The van der Waals surface area contributed by atoms with Crippen LogP contribution in [0.3, 0.4) is 0 Å². The van der Waals surface area contributed by atoms with Gasteiger partial charge in [-0.1, -0.05) is 12.1 Å². The van der Waals surface area contributed by atoms with E-state index >= 15 is 0 Å². The molecule has 1 aliphatic heterocycles. The highest BCUT2D eigenvalue weighted by atomic mass is 127. The van der Waals surface area contributed by atoms with Crippen molar-refractivity contribution >= 4 is 29.9 Å². The molecule has 2 aromatic rings. The molecule has 0 bridgehead atoms. The predicted molar refractivity (Wildman–Crippen MR) is 118 cm³/mol. The number of aryl methyl sites for hydroxylation is 3. The number of nitrogens with zero attached hydrogens (tertiary/aromatic N) is 4. The van der Waals surface area contributed by atoms with Gasteiger partial charge < -0.3 is 15.4 Å². The van der Waals surface area contributed by atoms with E-state index in [1.165, 1.54) is 5.56 Å². The lowest BCUT2D eigenvalue weighted by Crippen LogP contribution is -2.48. The summed E-state index contributed by atoms with van der Waals surface area (Å²) >= 11 is 0. The number of rotatable bonds is 5. The van der Waals surface area contributed by atoms with Crippen molar-refractivity contribution in [3.05, 3.63) is 41.5 Å². The van der Waals surface area contributed by atoms with Crippen LogP contribution in [-0.2, 0) is 13.0 Å². The minimum Gasteiger partial charge on any atom is -0.489 e. The summed E-state index contributed by atoms with van der Waals surface area (Å²) in [6.07, 6.45) is 1.99. The minimum absolute atomic E-state index is 0. The monoisotopic (exact) mass is 484 g/mol. The van der Waals surface area contributed by atoms with E-state index in [1.807, 2.05) is 36.7 Å². The van der Waals surface area contributed by atoms with E-state index in [4.69, 9.17) is 4.74 Å². The third-order valence-electron chi connectivity index (χ3n) is 4.41. The van der Waals surface area contributed by atoms with Crippen molar-refractivity contribution in [1.29, 1.82) is 0 Å². The minimum atomic E-state index is 0. The molecule has 0 saturated heterocycles. The van der Waals surface area contributed by atoms with Gasteiger partial charge >= 0.3 is 0 Å². The smallest absolute Gasteiger partial charge is 0.191 e. The Morgan fingerprint density at radius 2 is 2.22 bits per heavy atom. The first-order valence-electron chi connectivity index (χ1n) is 9.14. The van der Waals surface area contributed by atoms with E-state index in [9.17, 15) is 0 Å². The number of hydrogen-bond acceptors (Lipinski definition) is 4. The lowest BCUT2D eigenvalue weighted by molar-refractivity contribution is 0.223. The van der Waals surface area contributed by atoms with Gasteiger partial charge in [0.15, 0.2) is 5.96 Å². The molecule has 2 N–H and O–H groups in total. The first-order valence-corrected chi connectivity index (χ1v) is 9.14. The zero-order valence-corrected chi connectivity index (χ0v) is 18.7. The number of fused-ring (bicyclic) bond motifs is 1. The summed E-state index contributed by atoms with van der Waals surface area (Å²) in [5, 5.41) is 11.3. The highest BCUT2D eigenvalue weighted by Gasteiger charge is 2.21. The van der Waals surface area contributed by atoms with Gasteiger partial charge in [-0.25, -0.2) is 9.67 Å². The Bertz CT molecular complexity index is 775. The number of aromatic nitrogens is 3. The van der Waals surface area contributed by atoms with Crippen molar-refractivity contribution in [2.45, 2.75) is 52.3 Å². The number of ether oxygens (including phenoxy) is 1. The van der Waals surface area contributed by atoms with Crippen LogP contribution in [0, 0.1) is 13.8 Å². The van der Waals surface area contributed by atoms with Gasteiger partial charge in [0.2, 0.25) is 0 Å². The van der Waals surface area contributed by atoms with Gasteiger partial charge in [-0.3, -0.25) is 4.99 Å². The second-order valence-electron chi connectivity index (χ2n) is 6.84. The molecule has 2 unspecified atom stereocenters. The van der Waals surface area contributed by atoms with Crippen LogP contribution in [0.15, 0.2) is 29.3 Å². The van der Waals surface area contributed by atoms with Crippen molar-refractivity contribution < 1.29 is 4.74 Å². The molecule has 2 atom stereocenters. The number of hydrogen-bond donors (Lipinski definition) is 2. The summed E-state index contributed by atoms with van der Waals surface area (Å²) in [6.45, 7) is 7.53. The zero-order chi connectivity index (χ0) is 18.5. The van der Waals surface area contributed by atoms with E-state index in [2.05, 4.69) is 38.7 Å². The topological polar surface area (TPSA) is 76.4 Å². The average Bonchev–Trinajstić information content (AvgIpc) is 2.97. The van der Waals surface area contributed by atoms with Crippen LogP contribution < -0.4 is 15.4 Å². The number of benzene rings is 1. The van der Waals surface area contributed by atoms with Crippen LogP contribution in [0.4, 0.5) is 0 Å². The van der Waals surface area contributed by atoms with Crippen LogP contribution >= 0.6 is 24.0 Å². The summed E-state index contributed by atoms with van der Waals surface area (Å²) in [5.41, 5.74) is 1.19. The molecule has 1 aromatic carbocycles. The number of halogens is 1. The largest absolute Gasteiger partial charge is 0.489 e. The van der Waals surface area contributed by atoms with Crippen LogP contribution in [0.25, 0.3) is 0 Å². The summed E-state index contributed by atoms with van der Waals surface area (Å²) in [7, 11) is 1.79. The number of guanidine groups is 1. The lowest BCUT2D eigenvalue weighted by atomic mass is 10.1. The lowest BCUT2D eigenvalue weighted by Gasteiger charge is -2.26. The fourth-order valence-electron chi connectivity index (χ4n) is 3.14. The number of nitrogens with one attached hydrogen (secondary N) is 2. The van der Waals surface area contributed by atoms with Gasteiger partial charge in [0, 0.05) is 19.5 Å². The maximum absolute atomic E-state index is 5.96. The van der Waals surface area contributed by atoms with Gasteiger partial charge in [-0.15, -0.1) is 24.0 Å². The molecule has 7 nitrogen and oxygen atoms in total. The van der Waals surface area contributed by atoms with Gasteiger partial charge in [0.05, 0.1) is 13.1 Å². The van der Waals surface area contributed by atoms with E-state index < -0.39 is 0 Å². The van der Waals surface area contributed by atoms with Gasteiger partial charge in [-0.05, 0) is 44.9 Å². The van der Waals surface area contributed by atoms with Crippen molar-refractivity contribution in [3.8, 4) is 5.75 Å². The van der Waals surface area contributed by atoms with E-state index in [1.54, 1.807) is 7.05 Å². The molecule has 0 radical (unpaired) electrons. The summed E-state index contributed by atoms with van der Waals surface area (Å²) in [4.78, 5) is 8.78. The molecule has 1 aromatic heterocycles. The Labute approximate surface area is 178 Å². The summed E-state index contributed by atoms with van der Waals surface area (Å²) < 4.78 is 7.95. The zero-order valence-electron chi connectivity index (χ0n) is 16.4. The van der Waals surface area contributed by atoms with Crippen LogP contribution in [-0.4, -0.2) is 46.5 Å².